The van der Waals surface area contributed by atoms with Crippen molar-refractivity contribution >= 4 is 5.91 Å². The van der Waals surface area contributed by atoms with Gasteiger partial charge in [0.2, 0.25) is 0 Å². The molecule has 94 valence electrons. The smallest absolute Gasteiger partial charge is 0.271 e. The first-order valence-corrected chi connectivity index (χ1v) is 6.06. The largest absolute Gasteiger partial charge is 0.351 e. The van der Waals surface area contributed by atoms with Crippen molar-refractivity contribution in [3.8, 4) is 11.4 Å². The summed E-state index contributed by atoms with van der Waals surface area (Å²) in [6.07, 6.45) is 1.78. The molecule has 6 nitrogen and oxygen atoms in total. The van der Waals surface area contributed by atoms with E-state index in [-0.39, 0.29) is 5.91 Å². The molecule has 0 aromatic carbocycles. The molecule has 2 aromatic heterocycles. The normalized spacial score (nSPS) is 15.1. The van der Waals surface area contributed by atoms with Crippen LogP contribution in [0.25, 0.3) is 11.4 Å². The molecule has 0 saturated heterocycles. The first-order chi connectivity index (χ1) is 8.66. The van der Waals surface area contributed by atoms with Crippen LogP contribution < -0.4 is 5.32 Å². The van der Waals surface area contributed by atoms with E-state index < -0.39 is 0 Å². The Bertz CT molecular complexity index is 591. The zero-order chi connectivity index (χ0) is 12.7. The van der Waals surface area contributed by atoms with Crippen LogP contribution in [0.2, 0.25) is 0 Å². The average Bonchev–Trinajstić information content (AvgIpc) is 2.84. The molecule has 3 rings (SSSR count). The molecule has 2 aromatic rings. The van der Waals surface area contributed by atoms with E-state index in [1.54, 1.807) is 0 Å². The Morgan fingerprint density at radius 2 is 2.11 bits per heavy atom. The fourth-order valence-electron chi connectivity index (χ4n) is 2.35. The molecular formula is C12H15N5O. The standard InChI is InChI=1S/C12H15N5O/c1-6-9(7(2)17-16-6)11-14-8-4-3-5-13-12(18)10(8)15-11/h3-5H2,1-2H3,(H,13,18)(H,14,15)(H,16,17). The number of H-pyrrole nitrogens is 2. The van der Waals surface area contributed by atoms with Crippen molar-refractivity contribution in [3.05, 3.63) is 22.8 Å². The Morgan fingerprint density at radius 3 is 2.83 bits per heavy atom. The highest BCUT2D eigenvalue weighted by Gasteiger charge is 2.22. The van der Waals surface area contributed by atoms with Gasteiger partial charge in [-0.25, -0.2) is 4.98 Å². The highest BCUT2D eigenvalue weighted by atomic mass is 16.1. The molecular weight excluding hydrogens is 230 g/mol. The number of carbonyl (C=O) groups is 1. The van der Waals surface area contributed by atoms with Crippen LogP contribution in [-0.2, 0) is 6.42 Å². The van der Waals surface area contributed by atoms with Crippen molar-refractivity contribution in [2.45, 2.75) is 26.7 Å². The molecule has 0 aliphatic carbocycles. The fourth-order valence-corrected chi connectivity index (χ4v) is 2.35. The van der Waals surface area contributed by atoms with Gasteiger partial charge < -0.3 is 10.3 Å². The van der Waals surface area contributed by atoms with Gasteiger partial charge in [-0.05, 0) is 26.7 Å². The summed E-state index contributed by atoms with van der Waals surface area (Å²) in [5.41, 5.74) is 4.23. The number of aromatic amines is 2. The average molecular weight is 245 g/mol. The first-order valence-electron chi connectivity index (χ1n) is 6.06. The van der Waals surface area contributed by atoms with Gasteiger partial charge in [0.15, 0.2) is 0 Å². The SMILES string of the molecule is Cc1n[nH]c(C)c1-c1nc2c([nH]1)CCCNC2=O. The van der Waals surface area contributed by atoms with Crippen LogP contribution in [0.4, 0.5) is 0 Å². The maximum atomic E-state index is 11.8. The predicted molar refractivity (Wildman–Crippen MR) is 66.3 cm³/mol. The second-order valence-electron chi connectivity index (χ2n) is 4.58. The van der Waals surface area contributed by atoms with Gasteiger partial charge in [-0.1, -0.05) is 0 Å². The summed E-state index contributed by atoms with van der Waals surface area (Å²) < 4.78 is 0. The van der Waals surface area contributed by atoms with Gasteiger partial charge >= 0.3 is 0 Å². The lowest BCUT2D eigenvalue weighted by Gasteiger charge is -1.98. The van der Waals surface area contributed by atoms with Gasteiger partial charge in [-0.15, -0.1) is 0 Å². The van der Waals surface area contributed by atoms with Gasteiger partial charge in [0.1, 0.15) is 11.5 Å². The summed E-state index contributed by atoms with van der Waals surface area (Å²) >= 11 is 0. The van der Waals surface area contributed by atoms with Crippen molar-refractivity contribution in [2.75, 3.05) is 6.54 Å². The predicted octanol–water partition coefficient (Wildman–Crippen LogP) is 1.09. The maximum absolute atomic E-state index is 11.8. The molecule has 0 bridgehead atoms. The maximum Gasteiger partial charge on any atom is 0.271 e. The van der Waals surface area contributed by atoms with Gasteiger partial charge in [-0.2, -0.15) is 5.10 Å². The number of hydrogen-bond donors (Lipinski definition) is 3. The summed E-state index contributed by atoms with van der Waals surface area (Å²) in [6.45, 7) is 4.58. The molecule has 0 fully saturated rings. The number of carbonyl (C=O) groups excluding carboxylic acids is 1. The molecule has 0 spiro atoms. The highest BCUT2D eigenvalue weighted by molar-refractivity contribution is 5.94. The van der Waals surface area contributed by atoms with E-state index in [0.717, 1.165) is 41.3 Å². The van der Waals surface area contributed by atoms with Gasteiger partial charge in [-0.3, -0.25) is 9.89 Å². The summed E-state index contributed by atoms with van der Waals surface area (Å²) in [6, 6.07) is 0. The van der Waals surface area contributed by atoms with E-state index >= 15 is 0 Å². The molecule has 1 aliphatic rings. The fraction of sp³-hybridized carbons (Fsp3) is 0.417. The Kier molecular flexibility index (Phi) is 2.43. The number of imidazole rings is 1. The highest BCUT2D eigenvalue weighted by Crippen LogP contribution is 2.24. The van der Waals surface area contributed by atoms with Crippen LogP contribution in [0.3, 0.4) is 0 Å². The third-order valence-corrected chi connectivity index (χ3v) is 3.25. The monoisotopic (exact) mass is 245 g/mol. The summed E-state index contributed by atoms with van der Waals surface area (Å²) in [7, 11) is 0. The van der Waals surface area contributed by atoms with E-state index in [4.69, 9.17) is 0 Å². The molecule has 6 heteroatoms. The van der Waals surface area contributed by atoms with E-state index in [2.05, 4.69) is 25.5 Å². The van der Waals surface area contributed by atoms with E-state index in [1.165, 1.54) is 0 Å². The topological polar surface area (TPSA) is 86.5 Å². The lowest BCUT2D eigenvalue weighted by Crippen LogP contribution is -2.23. The number of nitrogens with one attached hydrogen (secondary N) is 3. The summed E-state index contributed by atoms with van der Waals surface area (Å²) in [5.74, 6) is 0.629. The quantitative estimate of drug-likeness (QED) is 0.703. The van der Waals surface area contributed by atoms with Gasteiger partial charge in [0.05, 0.1) is 11.3 Å². The number of nitrogens with zero attached hydrogens (tertiary/aromatic N) is 2. The molecule has 3 N–H and O–H groups in total. The second kappa shape index (κ2) is 3.97. The van der Waals surface area contributed by atoms with Crippen LogP contribution in [0.5, 0.6) is 0 Å². The van der Waals surface area contributed by atoms with Crippen molar-refractivity contribution < 1.29 is 4.79 Å². The summed E-state index contributed by atoms with van der Waals surface area (Å²) in [4.78, 5) is 19.5. The number of amides is 1. The number of aromatic nitrogens is 4. The Morgan fingerprint density at radius 1 is 1.28 bits per heavy atom. The van der Waals surface area contributed by atoms with E-state index in [1.807, 2.05) is 13.8 Å². The van der Waals surface area contributed by atoms with Crippen LogP contribution in [0.15, 0.2) is 0 Å². The Hall–Kier alpha value is -2.11. The molecule has 0 atom stereocenters. The minimum atomic E-state index is -0.0937. The van der Waals surface area contributed by atoms with Crippen molar-refractivity contribution in [3.63, 3.8) is 0 Å². The third kappa shape index (κ3) is 1.61. The van der Waals surface area contributed by atoms with Crippen molar-refractivity contribution in [2.24, 2.45) is 0 Å². The lowest BCUT2D eigenvalue weighted by molar-refractivity contribution is 0.0951. The molecule has 18 heavy (non-hydrogen) atoms. The van der Waals surface area contributed by atoms with Crippen LogP contribution in [-0.4, -0.2) is 32.6 Å². The van der Waals surface area contributed by atoms with E-state index in [0.29, 0.717) is 12.2 Å². The second-order valence-corrected chi connectivity index (χ2v) is 4.58. The molecule has 1 aliphatic heterocycles. The molecule has 0 radical (unpaired) electrons. The van der Waals surface area contributed by atoms with Crippen molar-refractivity contribution in [1.29, 1.82) is 0 Å². The third-order valence-electron chi connectivity index (χ3n) is 3.25. The van der Waals surface area contributed by atoms with Gasteiger partial charge in [0, 0.05) is 17.9 Å². The van der Waals surface area contributed by atoms with Crippen molar-refractivity contribution in [1.82, 2.24) is 25.5 Å². The number of rotatable bonds is 1. The molecule has 0 saturated carbocycles. The van der Waals surface area contributed by atoms with E-state index in [9.17, 15) is 4.79 Å². The van der Waals surface area contributed by atoms with Gasteiger partial charge in [0.25, 0.3) is 5.91 Å². The molecule has 3 heterocycles. The van der Waals surface area contributed by atoms with Crippen LogP contribution in [0.1, 0.15) is 34.0 Å². The zero-order valence-corrected chi connectivity index (χ0v) is 10.4. The zero-order valence-electron chi connectivity index (χ0n) is 10.4. The Balaban J connectivity index is 2.11. The first kappa shape index (κ1) is 11.0. The lowest BCUT2D eigenvalue weighted by atomic mass is 10.2. The minimum absolute atomic E-state index is 0.0937. The summed E-state index contributed by atoms with van der Waals surface area (Å²) in [5, 5.41) is 9.92. The Labute approximate surface area is 104 Å². The number of aryl methyl sites for hydroxylation is 3. The number of fused-ring (bicyclic) bond motifs is 1. The number of hydrogen-bond acceptors (Lipinski definition) is 3. The minimum Gasteiger partial charge on any atom is -0.351 e. The molecule has 0 unspecified atom stereocenters. The van der Waals surface area contributed by atoms with Crippen LogP contribution >= 0.6 is 0 Å². The molecule has 1 amide bonds. The van der Waals surface area contributed by atoms with Crippen LogP contribution in [0, 0.1) is 13.8 Å².